The Morgan fingerprint density at radius 3 is 2.68 bits per heavy atom. The Bertz CT molecular complexity index is 642. The molecule has 3 rings (SSSR count). The van der Waals surface area contributed by atoms with Crippen LogP contribution in [-0.4, -0.2) is 23.7 Å². The van der Waals surface area contributed by atoms with Gasteiger partial charge in [0.25, 0.3) is 0 Å². The summed E-state index contributed by atoms with van der Waals surface area (Å²) in [4.78, 5) is 2.45. The van der Waals surface area contributed by atoms with Crippen molar-refractivity contribution in [2.45, 2.75) is 25.4 Å². The predicted molar refractivity (Wildman–Crippen MR) is 88.5 cm³/mol. The summed E-state index contributed by atoms with van der Waals surface area (Å²) in [6.07, 6.45) is 2.35. The molecule has 0 aliphatic carbocycles. The zero-order valence-electron chi connectivity index (χ0n) is 12.6. The standard InChI is InChI=1S/C18H20ClNO2/c1-22-18-9-4-13(11-17(18)21)12-20-10-2-3-16(20)14-5-7-15(19)8-6-14/h4-9,11,16,21H,2-3,10,12H2,1H3. The van der Waals surface area contributed by atoms with Gasteiger partial charge in [0.2, 0.25) is 0 Å². The quantitative estimate of drug-likeness (QED) is 0.907. The van der Waals surface area contributed by atoms with Gasteiger partial charge in [-0.1, -0.05) is 29.8 Å². The van der Waals surface area contributed by atoms with E-state index in [-0.39, 0.29) is 5.75 Å². The number of hydrogen-bond donors (Lipinski definition) is 1. The van der Waals surface area contributed by atoms with Crippen LogP contribution in [0.1, 0.15) is 30.0 Å². The van der Waals surface area contributed by atoms with E-state index in [1.54, 1.807) is 13.2 Å². The van der Waals surface area contributed by atoms with Crippen LogP contribution in [0.25, 0.3) is 0 Å². The number of benzene rings is 2. The molecule has 0 amide bonds. The highest BCUT2D eigenvalue weighted by Gasteiger charge is 2.26. The number of aromatic hydroxyl groups is 1. The SMILES string of the molecule is COc1ccc(CN2CCCC2c2ccc(Cl)cc2)cc1O. The van der Waals surface area contributed by atoms with Crippen LogP contribution in [0.2, 0.25) is 5.02 Å². The summed E-state index contributed by atoms with van der Waals surface area (Å²) in [5.41, 5.74) is 2.40. The number of rotatable bonds is 4. The fourth-order valence-corrected chi connectivity index (χ4v) is 3.27. The fraction of sp³-hybridized carbons (Fsp3) is 0.333. The molecule has 1 heterocycles. The molecule has 0 saturated carbocycles. The lowest BCUT2D eigenvalue weighted by molar-refractivity contribution is 0.248. The van der Waals surface area contributed by atoms with Gasteiger partial charge < -0.3 is 9.84 Å². The first kappa shape index (κ1) is 15.2. The third-order valence-corrected chi connectivity index (χ3v) is 4.50. The van der Waals surface area contributed by atoms with Gasteiger partial charge in [0.1, 0.15) is 0 Å². The van der Waals surface area contributed by atoms with E-state index in [2.05, 4.69) is 17.0 Å². The molecule has 1 fully saturated rings. The molecule has 1 unspecified atom stereocenters. The topological polar surface area (TPSA) is 32.7 Å². The molecule has 1 saturated heterocycles. The summed E-state index contributed by atoms with van der Waals surface area (Å²) in [6.45, 7) is 1.89. The number of hydrogen-bond acceptors (Lipinski definition) is 3. The van der Waals surface area contributed by atoms with Crippen LogP contribution < -0.4 is 4.74 Å². The minimum absolute atomic E-state index is 0.197. The summed E-state index contributed by atoms with van der Waals surface area (Å²) in [5.74, 6) is 0.710. The van der Waals surface area contributed by atoms with Crippen LogP contribution in [0.4, 0.5) is 0 Å². The van der Waals surface area contributed by atoms with E-state index >= 15 is 0 Å². The normalized spacial score (nSPS) is 18.5. The number of methoxy groups -OCH3 is 1. The zero-order valence-corrected chi connectivity index (χ0v) is 13.4. The fourth-order valence-electron chi connectivity index (χ4n) is 3.15. The number of nitrogens with zero attached hydrogens (tertiary/aromatic N) is 1. The Morgan fingerprint density at radius 1 is 1.23 bits per heavy atom. The number of phenols is 1. The third-order valence-electron chi connectivity index (χ3n) is 4.25. The monoisotopic (exact) mass is 317 g/mol. The molecule has 1 aliphatic heterocycles. The van der Waals surface area contributed by atoms with Gasteiger partial charge in [-0.2, -0.15) is 0 Å². The van der Waals surface area contributed by atoms with E-state index in [4.69, 9.17) is 16.3 Å². The highest BCUT2D eigenvalue weighted by Crippen LogP contribution is 2.35. The van der Waals surface area contributed by atoms with Gasteiger partial charge in [0.15, 0.2) is 11.5 Å². The number of halogens is 1. The van der Waals surface area contributed by atoms with Crippen LogP contribution in [0.3, 0.4) is 0 Å². The summed E-state index contributed by atoms with van der Waals surface area (Å²) >= 11 is 5.98. The summed E-state index contributed by atoms with van der Waals surface area (Å²) < 4.78 is 5.10. The summed E-state index contributed by atoms with van der Waals surface area (Å²) in [5, 5.41) is 10.7. The number of likely N-dealkylation sites (tertiary alicyclic amines) is 1. The van der Waals surface area contributed by atoms with Crippen molar-refractivity contribution in [2.75, 3.05) is 13.7 Å². The molecule has 2 aromatic rings. The molecule has 0 bridgehead atoms. The van der Waals surface area contributed by atoms with Crippen molar-refractivity contribution >= 4 is 11.6 Å². The summed E-state index contributed by atoms with van der Waals surface area (Å²) in [7, 11) is 1.56. The Kier molecular flexibility index (Phi) is 4.55. The largest absolute Gasteiger partial charge is 0.504 e. The van der Waals surface area contributed by atoms with Gasteiger partial charge in [0.05, 0.1) is 7.11 Å². The molecule has 116 valence electrons. The van der Waals surface area contributed by atoms with E-state index in [1.807, 2.05) is 24.3 Å². The molecule has 4 heteroatoms. The Balaban J connectivity index is 1.76. The van der Waals surface area contributed by atoms with Crippen molar-refractivity contribution in [3.05, 3.63) is 58.6 Å². The maximum Gasteiger partial charge on any atom is 0.160 e. The zero-order chi connectivity index (χ0) is 15.5. The van der Waals surface area contributed by atoms with E-state index in [1.165, 1.54) is 12.0 Å². The van der Waals surface area contributed by atoms with Gasteiger partial charge >= 0.3 is 0 Å². The van der Waals surface area contributed by atoms with Gasteiger partial charge in [-0.15, -0.1) is 0 Å². The minimum atomic E-state index is 0.197. The van der Waals surface area contributed by atoms with E-state index in [9.17, 15) is 5.11 Å². The van der Waals surface area contributed by atoms with Crippen LogP contribution in [0.15, 0.2) is 42.5 Å². The summed E-state index contributed by atoms with van der Waals surface area (Å²) in [6, 6.07) is 14.2. The first-order chi connectivity index (χ1) is 10.7. The molecule has 3 nitrogen and oxygen atoms in total. The van der Waals surface area contributed by atoms with Crippen LogP contribution in [0.5, 0.6) is 11.5 Å². The van der Waals surface area contributed by atoms with Crippen molar-refractivity contribution in [3.8, 4) is 11.5 Å². The van der Waals surface area contributed by atoms with E-state index < -0.39 is 0 Å². The van der Waals surface area contributed by atoms with Gasteiger partial charge in [-0.25, -0.2) is 0 Å². The average molecular weight is 318 g/mol. The molecule has 1 aliphatic rings. The maximum atomic E-state index is 9.92. The highest BCUT2D eigenvalue weighted by molar-refractivity contribution is 6.30. The molecule has 1 atom stereocenters. The van der Waals surface area contributed by atoms with Crippen molar-refractivity contribution in [1.82, 2.24) is 4.90 Å². The molecule has 1 N–H and O–H groups in total. The van der Waals surface area contributed by atoms with Crippen molar-refractivity contribution < 1.29 is 9.84 Å². The maximum absolute atomic E-state index is 9.92. The van der Waals surface area contributed by atoms with Gasteiger partial charge in [0, 0.05) is 17.6 Å². The first-order valence-electron chi connectivity index (χ1n) is 7.53. The molecule has 0 aromatic heterocycles. The second-order valence-corrected chi connectivity index (χ2v) is 6.12. The van der Waals surface area contributed by atoms with E-state index in [0.717, 1.165) is 30.1 Å². The lowest BCUT2D eigenvalue weighted by atomic mass is 10.0. The number of phenolic OH excluding ortho intramolecular Hbond substituents is 1. The van der Waals surface area contributed by atoms with E-state index in [0.29, 0.717) is 11.8 Å². The number of ether oxygens (including phenoxy) is 1. The van der Waals surface area contributed by atoms with Crippen LogP contribution in [0, 0.1) is 0 Å². The lowest BCUT2D eigenvalue weighted by Crippen LogP contribution is -2.22. The molecule has 0 radical (unpaired) electrons. The lowest BCUT2D eigenvalue weighted by Gasteiger charge is -2.25. The average Bonchev–Trinajstić information content (AvgIpc) is 2.96. The van der Waals surface area contributed by atoms with Crippen LogP contribution in [-0.2, 0) is 6.54 Å². The molecule has 22 heavy (non-hydrogen) atoms. The second-order valence-electron chi connectivity index (χ2n) is 5.69. The Hall–Kier alpha value is -1.71. The first-order valence-corrected chi connectivity index (χ1v) is 7.90. The van der Waals surface area contributed by atoms with Gasteiger partial charge in [-0.3, -0.25) is 4.90 Å². The molecule has 0 spiro atoms. The molecular weight excluding hydrogens is 298 g/mol. The smallest absolute Gasteiger partial charge is 0.160 e. The second kappa shape index (κ2) is 6.59. The Labute approximate surface area is 136 Å². The highest BCUT2D eigenvalue weighted by atomic mass is 35.5. The van der Waals surface area contributed by atoms with Crippen molar-refractivity contribution in [1.29, 1.82) is 0 Å². The van der Waals surface area contributed by atoms with Crippen molar-refractivity contribution in [3.63, 3.8) is 0 Å². The molecule has 2 aromatic carbocycles. The van der Waals surface area contributed by atoms with Crippen LogP contribution >= 0.6 is 11.6 Å². The Morgan fingerprint density at radius 2 is 2.00 bits per heavy atom. The minimum Gasteiger partial charge on any atom is -0.504 e. The molecular formula is C18H20ClNO2. The van der Waals surface area contributed by atoms with Gasteiger partial charge in [-0.05, 0) is 54.8 Å². The predicted octanol–water partition coefficient (Wildman–Crippen LogP) is 4.39. The van der Waals surface area contributed by atoms with Crippen molar-refractivity contribution in [2.24, 2.45) is 0 Å². The third kappa shape index (κ3) is 3.21.